The van der Waals surface area contributed by atoms with Crippen LogP contribution in [-0.2, 0) is 20.1 Å². The van der Waals surface area contributed by atoms with Gasteiger partial charge in [0.05, 0.1) is 11.4 Å². The average Bonchev–Trinajstić information content (AvgIpc) is 3.07. The second-order valence-electron chi connectivity index (χ2n) is 7.39. The number of aromatic nitrogens is 2. The molecule has 0 aliphatic carbocycles. The van der Waals surface area contributed by atoms with Gasteiger partial charge in [0.1, 0.15) is 11.6 Å². The Morgan fingerprint density at radius 2 is 1.36 bits per heavy atom. The molecule has 4 nitrogen and oxygen atoms in total. The molecule has 0 unspecified atom stereocenters. The molecule has 3 aromatic rings. The summed E-state index contributed by atoms with van der Waals surface area (Å²) < 4.78 is 0. The summed E-state index contributed by atoms with van der Waals surface area (Å²) in [5.41, 5.74) is 4.15. The van der Waals surface area contributed by atoms with Crippen LogP contribution in [0.5, 0.6) is 0 Å². The van der Waals surface area contributed by atoms with Crippen molar-refractivity contribution in [2.45, 2.75) is 39.5 Å². The molecule has 147 valence electrons. The van der Waals surface area contributed by atoms with Gasteiger partial charge in [-0.25, -0.2) is 9.97 Å². The molecule has 4 rings (SSSR count). The predicted octanol–water partition coefficient (Wildman–Crippen LogP) is 5.93. The third-order valence-electron chi connectivity index (χ3n) is 4.68. The number of anilines is 4. The van der Waals surface area contributed by atoms with Crippen LogP contribution >= 0.6 is 0 Å². The maximum Gasteiger partial charge on any atom is 0.146 e. The van der Waals surface area contributed by atoms with E-state index in [1.165, 1.54) is 0 Å². The molecule has 0 saturated carbocycles. The Morgan fingerprint density at radius 1 is 0.786 bits per heavy atom. The van der Waals surface area contributed by atoms with Crippen LogP contribution in [0.25, 0.3) is 0 Å². The molecular formula is C23H24IrN4-2. The first-order valence-corrected chi connectivity index (χ1v) is 9.43. The molecule has 1 aliphatic rings. The van der Waals surface area contributed by atoms with Gasteiger partial charge in [0.25, 0.3) is 0 Å². The van der Waals surface area contributed by atoms with Gasteiger partial charge in [-0.3, -0.25) is 0 Å². The SMILES string of the molecule is CC(C)c1nc2c(nc1C(C)C)N(c1ccccc1)[CH-]N2c1[c-]cccc1.[Ir]. The maximum atomic E-state index is 5.08. The topological polar surface area (TPSA) is 32.3 Å². The normalized spacial score (nSPS) is 13.1. The van der Waals surface area contributed by atoms with E-state index < -0.39 is 0 Å². The molecule has 1 radical (unpaired) electrons. The molecule has 0 fully saturated rings. The summed E-state index contributed by atoms with van der Waals surface area (Å²) in [5.74, 6) is 2.35. The van der Waals surface area contributed by atoms with Crippen LogP contribution in [0.1, 0.15) is 50.9 Å². The smallest absolute Gasteiger partial charge is 0.146 e. The minimum Gasteiger partial charge on any atom is -0.477 e. The molecule has 0 amide bonds. The van der Waals surface area contributed by atoms with Crippen LogP contribution in [0.3, 0.4) is 0 Å². The van der Waals surface area contributed by atoms with Crippen LogP contribution in [-0.4, -0.2) is 9.97 Å². The molecule has 0 bridgehead atoms. The zero-order valence-electron chi connectivity index (χ0n) is 16.6. The second-order valence-corrected chi connectivity index (χ2v) is 7.39. The number of nitrogens with zero attached hydrogens (tertiary/aromatic N) is 4. The molecule has 0 atom stereocenters. The third kappa shape index (κ3) is 3.69. The standard InChI is InChI=1S/C23H24N4.Ir/c1-16(2)20-21(17(3)4)25-23-22(24-20)26(18-11-7-5-8-12-18)15-27(23)19-13-9-6-10-14-19;/h5-13,15-17H,1-4H3;/q-2;. The van der Waals surface area contributed by atoms with Gasteiger partial charge in [-0.05, 0) is 24.0 Å². The minimum atomic E-state index is 0. The average molecular weight is 549 g/mol. The van der Waals surface area contributed by atoms with E-state index in [9.17, 15) is 0 Å². The molecule has 28 heavy (non-hydrogen) atoms. The second kappa shape index (κ2) is 8.42. The van der Waals surface area contributed by atoms with Crippen LogP contribution in [0.15, 0.2) is 54.6 Å². The van der Waals surface area contributed by atoms with Gasteiger partial charge in [-0.1, -0.05) is 45.9 Å². The zero-order chi connectivity index (χ0) is 19.0. The van der Waals surface area contributed by atoms with Crippen molar-refractivity contribution in [3.05, 3.63) is 78.7 Å². The monoisotopic (exact) mass is 549 g/mol. The Balaban J connectivity index is 0.00000225. The number of fused-ring (bicyclic) bond motifs is 1. The molecule has 0 saturated heterocycles. The number of para-hydroxylation sites is 2. The summed E-state index contributed by atoms with van der Waals surface area (Å²) in [6, 6.07) is 21.6. The van der Waals surface area contributed by atoms with Crippen molar-refractivity contribution < 1.29 is 20.1 Å². The van der Waals surface area contributed by atoms with Gasteiger partial charge in [0.15, 0.2) is 0 Å². The predicted molar refractivity (Wildman–Crippen MR) is 111 cm³/mol. The van der Waals surface area contributed by atoms with E-state index in [-0.39, 0.29) is 20.1 Å². The molecule has 0 N–H and O–H groups in total. The van der Waals surface area contributed by atoms with Crippen molar-refractivity contribution in [3.8, 4) is 0 Å². The molecule has 1 aromatic heterocycles. The Kier molecular flexibility index (Phi) is 6.16. The molecule has 1 aliphatic heterocycles. The van der Waals surface area contributed by atoms with Gasteiger partial charge >= 0.3 is 0 Å². The summed E-state index contributed by atoms with van der Waals surface area (Å²) in [6.45, 7) is 10.8. The summed E-state index contributed by atoms with van der Waals surface area (Å²) in [7, 11) is 0. The van der Waals surface area contributed by atoms with Crippen LogP contribution in [0, 0.1) is 12.7 Å². The van der Waals surface area contributed by atoms with Crippen molar-refractivity contribution in [3.63, 3.8) is 0 Å². The summed E-state index contributed by atoms with van der Waals surface area (Å²) in [5, 5.41) is 0. The summed E-state index contributed by atoms with van der Waals surface area (Å²) in [6.07, 6.45) is 0. The summed E-state index contributed by atoms with van der Waals surface area (Å²) >= 11 is 0. The van der Waals surface area contributed by atoms with E-state index in [4.69, 9.17) is 9.97 Å². The molecular weight excluding hydrogens is 524 g/mol. The van der Waals surface area contributed by atoms with Gasteiger partial charge in [0.2, 0.25) is 0 Å². The Labute approximate surface area is 181 Å². The minimum absolute atomic E-state index is 0. The Bertz CT molecular complexity index is 850. The van der Waals surface area contributed by atoms with Crippen LogP contribution in [0.4, 0.5) is 23.0 Å². The Hall–Kier alpha value is -2.23. The van der Waals surface area contributed by atoms with Gasteiger partial charge in [-0.2, -0.15) is 30.3 Å². The van der Waals surface area contributed by atoms with E-state index in [0.717, 1.165) is 34.4 Å². The van der Waals surface area contributed by atoms with Crippen LogP contribution < -0.4 is 9.80 Å². The van der Waals surface area contributed by atoms with Crippen molar-refractivity contribution in [2.24, 2.45) is 0 Å². The zero-order valence-corrected chi connectivity index (χ0v) is 18.9. The van der Waals surface area contributed by atoms with E-state index in [2.05, 4.69) is 62.4 Å². The summed E-state index contributed by atoms with van der Waals surface area (Å²) in [4.78, 5) is 14.3. The fourth-order valence-electron chi connectivity index (χ4n) is 3.33. The van der Waals surface area contributed by atoms with Crippen molar-refractivity contribution >= 4 is 23.0 Å². The molecule has 2 aromatic carbocycles. The number of benzene rings is 2. The molecule has 0 spiro atoms. The van der Waals surface area contributed by atoms with Crippen molar-refractivity contribution in [1.29, 1.82) is 0 Å². The quantitative estimate of drug-likeness (QED) is 0.379. The maximum absolute atomic E-state index is 5.08. The number of rotatable bonds is 4. The fourth-order valence-corrected chi connectivity index (χ4v) is 3.33. The van der Waals surface area contributed by atoms with E-state index in [1.54, 1.807) is 0 Å². The fraction of sp³-hybridized carbons (Fsp3) is 0.261. The number of hydrogen-bond donors (Lipinski definition) is 0. The number of hydrogen-bond acceptors (Lipinski definition) is 4. The van der Waals surface area contributed by atoms with Crippen LogP contribution in [0.2, 0.25) is 0 Å². The van der Waals surface area contributed by atoms with E-state index in [1.807, 2.05) is 42.5 Å². The van der Waals surface area contributed by atoms with E-state index in [0.29, 0.717) is 11.8 Å². The molecule has 5 heteroatoms. The van der Waals surface area contributed by atoms with Gasteiger partial charge in [-0.15, -0.1) is 12.4 Å². The first-order chi connectivity index (χ1) is 13.1. The first kappa shape index (κ1) is 20.5. The van der Waals surface area contributed by atoms with Gasteiger partial charge in [0, 0.05) is 25.8 Å². The van der Waals surface area contributed by atoms with Crippen molar-refractivity contribution in [2.75, 3.05) is 9.80 Å². The van der Waals surface area contributed by atoms with E-state index >= 15 is 0 Å². The van der Waals surface area contributed by atoms with Crippen molar-refractivity contribution in [1.82, 2.24) is 9.97 Å². The van der Waals surface area contributed by atoms with Gasteiger partial charge < -0.3 is 9.80 Å². The third-order valence-corrected chi connectivity index (χ3v) is 4.68. The molecule has 2 heterocycles. The first-order valence-electron chi connectivity index (χ1n) is 9.43. The largest absolute Gasteiger partial charge is 0.477 e. The Morgan fingerprint density at radius 3 is 1.89 bits per heavy atom.